The van der Waals surface area contributed by atoms with Gasteiger partial charge in [0.15, 0.2) is 0 Å². The van der Waals surface area contributed by atoms with E-state index in [1.165, 1.54) is 43.9 Å². The summed E-state index contributed by atoms with van der Waals surface area (Å²) in [6.45, 7) is 4.30. The molecule has 0 saturated carbocycles. The molecule has 7 nitrogen and oxygen atoms in total. The zero-order valence-electron chi connectivity index (χ0n) is 17.1. The molecule has 29 heavy (non-hydrogen) atoms. The molecule has 0 atom stereocenters. The molecule has 8 heteroatoms. The molecule has 2 aromatic rings. The van der Waals surface area contributed by atoms with Gasteiger partial charge in [0.1, 0.15) is 0 Å². The molecule has 2 N–H and O–H groups in total. The van der Waals surface area contributed by atoms with Crippen LogP contribution in [0.2, 0.25) is 0 Å². The second kappa shape index (κ2) is 9.67. The van der Waals surface area contributed by atoms with E-state index in [1.54, 1.807) is 0 Å². The van der Waals surface area contributed by atoms with Crippen molar-refractivity contribution >= 4 is 21.8 Å². The minimum absolute atomic E-state index is 0.00274. The molecule has 0 aliphatic carbocycles. The van der Waals surface area contributed by atoms with E-state index in [4.69, 9.17) is 0 Å². The minimum Gasteiger partial charge on any atom is -0.273 e. The first-order valence-electron chi connectivity index (χ1n) is 9.29. The van der Waals surface area contributed by atoms with Crippen LogP contribution < -0.4 is 10.9 Å². The van der Waals surface area contributed by atoms with E-state index in [9.17, 15) is 18.0 Å². The number of nitrogens with zero attached hydrogens (tertiary/aromatic N) is 1. The van der Waals surface area contributed by atoms with E-state index in [0.29, 0.717) is 5.92 Å². The highest BCUT2D eigenvalue weighted by molar-refractivity contribution is 7.89. The Morgan fingerprint density at radius 3 is 2.17 bits per heavy atom. The SMILES string of the molecule is CC(C)Cc1ccc(CC(=O)NNC(=O)c2cccc(S(=O)(=O)N(C)C)c2)cc1. The summed E-state index contributed by atoms with van der Waals surface area (Å²) in [4.78, 5) is 24.4. The molecule has 0 aliphatic heterocycles. The molecule has 0 aliphatic rings. The number of nitrogens with one attached hydrogen (secondary N) is 2. The highest BCUT2D eigenvalue weighted by atomic mass is 32.2. The molecule has 0 spiro atoms. The fourth-order valence-electron chi connectivity index (χ4n) is 2.70. The van der Waals surface area contributed by atoms with E-state index >= 15 is 0 Å². The maximum Gasteiger partial charge on any atom is 0.269 e. The Kier molecular flexibility index (Phi) is 7.53. The van der Waals surface area contributed by atoms with Gasteiger partial charge in [0.25, 0.3) is 5.91 Å². The Morgan fingerprint density at radius 2 is 1.59 bits per heavy atom. The van der Waals surface area contributed by atoms with Gasteiger partial charge in [-0.15, -0.1) is 0 Å². The van der Waals surface area contributed by atoms with Crippen LogP contribution in [0, 0.1) is 5.92 Å². The molecule has 0 bridgehead atoms. The lowest BCUT2D eigenvalue weighted by Gasteiger charge is -2.12. The van der Waals surface area contributed by atoms with Gasteiger partial charge in [-0.1, -0.05) is 44.2 Å². The molecule has 2 amide bonds. The van der Waals surface area contributed by atoms with Gasteiger partial charge in [-0.2, -0.15) is 0 Å². The number of carbonyl (C=O) groups excluding carboxylic acids is 2. The van der Waals surface area contributed by atoms with E-state index in [2.05, 4.69) is 24.7 Å². The largest absolute Gasteiger partial charge is 0.273 e. The number of hydrazine groups is 1. The van der Waals surface area contributed by atoms with Crippen LogP contribution in [0.15, 0.2) is 53.4 Å². The number of rotatable bonds is 7. The summed E-state index contributed by atoms with van der Waals surface area (Å²) in [7, 11) is -0.822. The summed E-state index contributed by atoms with van der Waals surface area (Å²) >= 11 is 0. The van der Waals surface area contributed by atoms with Gasteiger partial charge in [-0.25, -0.2) is 12.7 Å². The van der Waals surface area contributed by atoms with Crippen molar-refractivity contribution < 1.29 is 18.0 Å². The Bertz CT molecular complexity index is 968. The third-order valence-electron chi connectivity index (χ3n) is 4.22. The Morgan fingerprint density at radius 1 is 0.966 bits per heavy atom. The summed E-state index contributed by atoms with van der Waals surface area (Å²) in [6, 6.07) is 13.4. The van der Waals surface area contributed by atoms with Crippen LogP contribution in [-0.4, -0.2) is 38.6 Å². The molecule has 0 fully saturated rings. The number of carbonyl (C=O) groups is 2. The van der Waals surface area contributed by atoms with Gasteiger partial charge in [-0.3, -0.25) is 20.4 Å². The van der Waals surface area contributed by atoms with Crippen LogP contribution in [0.25, 0.3) is 0 Å². The number of amides is 2. The van der Waals surface area contributed by atoms with Crippen LogP contribution in [0.5, 0.6) is 0 Å². The van der Waals surface area contributed by atoms with Crippen LogP contribution in [0.1, 0.15) is 35.3 Å². The quantitative estimate of drug-likeness (QED) is 0.675. The molecule has 0 saturated heterocycles. The van der Waals surface area contributed by atoms with Crippen molar-refractivity contribution in [3.8, 4) is 0 Å². The fourth-order valence-corrected chi connectivity index (χ4v) is 3.65. The second-order valence-electron chi connectivity index (χ2n) is 7.41. The standard InChI is InChI=1S/C21H27N3O4S/c1-15(2)12-16-8-10-17(11-9-16)13-20(25)22-23-21(26)18-6-5-7-19(14-18)29(27,28)24(3)4/h5-11,14-15H,12-13H2,1-4H3,(H,22,25)(H,23,26). The van der Waals surface area contributed by atoms with Gasteiger partial charge in [-0.05, 0) is 41.7 Å². The first-order chi connectivity index (χ1) is 13.6. The lowest BCUT2D eigenvalue weighted by Crippen LogP contribution is -2.42. The van der Waals surface area contributed by atoms with Crippen molar-refractivity contribution in [1.82, 2.24) is 15.2 Å². The smallest absolute Gasteiger partial charge is 0.269 e. The average molecular weight is 418 g/mol. The van der Waals surface area contributed by atoms with Crippen molar-refractivity contribution in [2.24, 2.45) is 5.92 Å². The lowest BCUT2D eigenvalue weighted by molar-refractivity contribution is -0.121. The molecule has 2 rings (SSSR count). The third-order valence-corrected chi connectivity index (χ3v) is 6.03. The molecule has 0 heterocycles. The summed E-state index contributed by atoms with van der Waals surface area (Å²) in [5, 5.41) is 0. The number of benzene rings is 2. The Hall–Kier alpha value is -2.71. The average Bonchev–Trinajstić information content (AvgIpc) is 2.67. The fraction of sp³-hybridized carbons (Fsp3) is 0.333. The van der Waals surface area contributed by atoms with Crippen molar-refractivity contribution in [2.45, 2.75) is 31.6 Å². The van der Waals surface area contributed by atoms with Gasteiger partial charge >= 0.3 is 0 Å². The first-order valence-corrected chi connectivity index (χ1v) is 10.7. The number of sulfonamides is 1. The van der Waals surface area contributed by atoms with Crippen LogP contribution in [0.4, 0.5) is 0 Å². The highest BCUT2D eigenvalue weighted by Gasteiger charge is 2.19. The molecular weight excluding hydrogens is 390 g/mol. The van der Waals surface area contributed by atoms with Gasteiger partial charge in [0.05, 0.1) is 11.3 Å². The predicted octanol–water partition coefficient (Wildman–Crippen LogP) is 2.14. The predicted molar refractivity (Wildman–Crippen MR) is 112 cm³/mol. The molecule has 0 unspecified atom stereocenters. The molecule has 0 radical (unpaired) electrons. The number of hydrogen-bond acceptors (Lipinski definition) is 4. The Balaban J connectivity index is 1.94. The van der Waals surface area contributed by atoms with Gasteiger partial charge < -0.3 is 0 Å². The third kappa shape index (κ3) is 6.40. The topological polar surface area (TPSA) is 95.6 Å². The molecule has 0 aromatic heterocycles. The lowest BCUT2D eigenvalue weighted by atomic mass is 10.0. The van der Waals surface area contributed by atoms with Crippen LogP contribution in [0.3, 0.4) is 0 Å². The van der Waals surface area contributed by atoms with Gasteiger partial charge in [0.2, 0.25) is 15.9 Å². The van der Waals surface area contributed by atoms with Crippen molar-refractivity contribution in [1.29, 1.82) is 0 Å². The van der Waals surface area contributed by atoms with Crippen LogP contribution >= 0.6 is 0 Å². The maximum absolute atomic E-state index is 12.3. The monoisotopic (exact) mass is 417 g/mol. The van der Waals surface area contributed by atoms with E-state index in [0.717, 1.165) is 16.3 Å². The van der Waals surface area contributed by atoms with Gasteiger partial charge in [0, 0.05) is 19.7 Å². The Labute approximate surface area is 172 Å². The van der Waals surface area contributed by atoms with E-state index < -0.39 is 15.9 Å². The molecule has 156 valence electrons. The van der Waals surface area contributed by atoms with Crippen molar-refractivity contribution in [3.63, 3.8) is 0 Å². The van der Waals surface area contributed by atoms with Crippen molar-refractivity contribution in [3.05, 3.63) is 65.2 Å². The van der Waals surface area contributed by atoms with E-state index in [-0.39, 0.29) is 22.8 Å². The zero-order chi connectivity index (χ0) is 21.6. The maximum atomic E-state index is 12.3. The number of hydrogen-bond donors (Lipinski definition) is 2. The van der Waals surface area contributed by atoms with E-state index in [1.807, 2.05) is 24.3 Å². The minimum atomic E-state index is -3.65. The summed E-state index contributed by atoms with van der Waals surface area (Å²) < 4.78 is 25.4. The first kappa shape index (κ1) is 22.6. The summed E-state index contributed by atoms with van der Waals surface area (Å²) in [5.41, 5.74) is 6.86. The molecular formula is C21H27N3O4S. The second-order valence-corrected chi connectivity index (χ2v) is 9.56. The van der Waals surface area contributed by atoms with Crippen molar-refractivity contribution in [2.75, 3.05) is 14.1 Å². The zero-order valence-corrected chi connectivity index (χ0v) is 17.9. The van der Waals surface area contributed by atoms with Crippen LogP contribution in [-0.2, 0) is 27.7 Å². The molecule has 2 aromatic carbocycles. The highest BCUT2D eigenvalue weighted by Crippen LogP contribution is 2.15. The summed E-state index contributed by atoms with van der Waals surface area (Å²) in [5.74, 6) is -0.404. The normalized spacial score (nSPS) is 11.5. The summed E-state index contributed by atoms with van der Waals surface area (Å²) in [6.07, 6.45) is 1.10.